The SMILES string of the molecule is CC1(C)O[C@@H]2C3C(CC[C@@]4(C)C3CC[C@@H]4O[Si](C)(C)C(C)(C)C)[C@@]3(C)CC[C@@H](O)C(O)C3[C@H]2O1. The summed E-state index contributed by atoms with van der Waals surface area (Å²) in [4.78, 5) is 0. The van der Waals surface area contributed by atoms with Gasteiger partial charge in [-0.15, -0.1) is 0 Å². The van der Waals surface area contributed by atoms with Crippen LogP contribution >= 0.6 is 0 Å². The molecule has 5 nitrogen and oxygen atoms in total. The molecule has 0 aromatic carbocycles. The first-order valence-electron chi connectivity index (χ1n) is 13.9. The maximum Gasteiger partial charge on any atom is 0.192 e. The second-order valence-electron chi connectivity index (χ2n) is 15.0. The summed E-state index contributed by atoms with van der Waals surface area (Å²) in [6.45, 7) is 20.7. The number of fused-ring (bicyclic) bond motifs is 8. The fourth-order valence-corrected chi connectivity index (χ4v) is 10.4. The average molecular weight is 495 g/mol. The third kappa shape index (κ3) is 3.56. The molecular formula is C28H50O5Si. The molecule has 5 aliphatic rings. The maximum atomic E-state index is 11.2. The van der Waals surface area contributed by atoms with Crippen LogP contribution in [0.2, 0.25) is 18.1 Å². The van der Waals surface area contributed by atoms with Gasteiger partial charge < -0.3 is 24.1 Å². The molecule has 0 radical (unpaired) electrons. The summed E-state index contributed by atoms with van der Waals surface area (Å²) < 4.78 is 20.4. The van der Waals surface area contributed by atoms with Gasteiger partial charge in [0.25, 0.3) is 0 Å². The van der Waals surface area contributed by atoms with E-state index >= 15 is 0 Å². The van der Waals surface area contributed by atoms with Crippen LogP contribution in [0.3, 0.4) is 0 Å². The van der Waals surface area contributed by atoms with Crippen molar-refractivity contribution in [2.45, 2.75) is 141 Å². The van der Waals surface area contributed by atoms with E-state index in [0.29, 0.717) is 30.3 Å². The number of aliphatic hydroxyl groups excluding tert-OH is 2. The van der Waals surface area contributed by atoms with E-state index in [1.807, 2.05) is 13.8 Å². The molecule has 196 valence electrons. The first-order chi connectivity index (χ1) is 15.5. The largest absolute Gasteiger partial charge is 0.413 e. The minimum absolute atomic E-state index is 0.0192. The van der Waals surface area contributed by atoms with Crippen LogP contribution < -0.4 is 0 Å². The van der Waals surface area contributed by atoms with Crippen molar-refractivity contribution in [2.75, 3.05) is 0 Å². The van der Waals surface area contributed by atoms with Crippen LogP contribution in [0.15, 0.2) is 0 Å². The molecule has 1 saturated heterocycles. The normalized spacial score (nSPS) is 52.5. The van der Waals surface area contributed by atoms with Gasteiger partial charge in [-0.1, -0.05) is 34.6 Å². The molecule has 0 amide bonds. The standard InChI is InChI=1S/C28H50O5Si/c1-25(2,3)34(8,9)33-19-11-10-16-20-17(12-14-27(16,19)6)28(7)15-13-18(29)22(30)21(28)24-23(20)31-26(4,5)32-24/h16-24,29-30H,10-15H2,1-9H3/t16?,17?,18-,19+,20?,21?,22?,23-,24-,27+,28-/m1/s1. The van der Waals surface area contributed by atoms with E-state index < -0.39 is 26.3 Å². The number of aliphatic hydroxyl groups is 2. The topological polar surface area (TPSA) is 68.2 Å². The lowest BCUT2D eigenvalue weighted by Crippen LogP contribution is -2.67. The van der Waals surface area contributed by atoms with Crippen LogP contribution in [-0.2, 0) is 13.9 Å². The summed E-state index contributed by atoms with van der Waals surface area (Å²) in [5.74, 6) is 0.726. The summed E-state index contributed by atoms with van der Waals surface area (Å²) in [7, 11) is -1.86. The van der Waals surface area contributed by atoms with Crippen molar-refractivity contribution < 1.29 is 24.1 Å². The van der Waals surface area contributed by atoms with Crippen LogP contribution in [0.25, 0.3) is 0 Å². The number of rotatable bonds is 2. The zero-order valence-corrected chi connectivity index (χ0v) is 24.1. The van der Waals surface area contributed by atoms with E-state index in [0.717, 1.165) is 19.3 Å². The van der Waals surface area contributed by atoms with E-state index in [9.17, 15) is 10.2 Å². The first-order valence-corrected chi connectivity index (χ1v) is 16.8. The van der Waals surface area contributed by atoms with E-state index in [-0.39, 0.29) is 34.0 Å². The average Bonchev–Trinajstić information content (AvgIpc) is 3.19. The first kappa shape index (κ1) is 25.7. The van der Waals surface area contributed by atoms with E-state index in [4.69, 9.17) is 13.9 Å². The highest BCUT2D eigenvalue weighted by molar-refractivity contribution is 6.74. The van der Waals surface area contributed by atoms with Crippen LogP contribution in [0.1, 0.15) is 87.0 Å². The Morgan fingerprint density at radius 3 is 2.06 bits per heavy atom. The highest BCUT2D eigenvalue weighted by atomic mass is 28.4. The Labute approximate surface area is 208 Å². The van der Waals surface area contributed by atoms with Crippen molar-refractivity contribution >= 4 is 8.32 Å². The Morgan fingerprint density at radius 2 is 1.41 bits per heavy atom. The van der Waals surface area contributed by atoms with E-state index in [1.54, 1.807) is 0 Å². The van der Waals surface area contributed by atoms with Gasteiger partial charge >= 0.3 is 0 Å². The van der Waals surface area contributed by atoms with Crippen LogP contribution in [0, 0.1) is 34.5 Å². The van der Waals surface area contributed by atoms with Crippen molar-refractivity contribution in [3.05, 3.63) is 0 Å². The Bertz CT molecular complexity index is 807. The molecule has 1 aliphatic heterocycles. The summed E-state index contributed by atoms with van der Waals surface area (Å²) >= 11 is 0. The molecule has 5 unspecified atom stereocenters. The van der Waals surface area contributed by atoms with E-state index in [1.165, 1.54) is 12.8 Å². The second-order valence-corrected chi connectivity index (χ2v) is 19.7. The molecular weight excluding hydrogens is 444 g/mol. The highest BCUT2D eigenvalue weighted by Gasteiger charge is 2.70. The molecule has 4 saturated carbocycles. The smallest absolute Gasteiger partial charge is 0.192 e. The quantitative estimate of drug-likeness (QED) is 0.497. The number of ether oxygens (including phenoxy) is 2. The summed E-state index contributed by atoms with van der Waals surface area (Å²) in [6.07, 6.45) is 5.03. The molecule has 5 fully saturated rings. The van der Waals surface area contributed by atoms with Gasteiger partial charge in [0.05, 0.1) is 30.5 Å². The molecule has 5 rings (SSSR count). The minimum atomic E-state index is -1.86. The lowest BCUT2D eigenvalue weighted by molar-refractivity contribution is -0.225. The predicted molar refractivity (Wildman–Crippen MR) is 136 cm³/mol. The molecule has 0 aromatic rings. The zero-order chi connectivity index (χ0) is 25.1. The third-order valence-electron chi connectivity index (χ3n) is 11.7. The van der Waals surface area contributed by atoms with Gasteiger partial charge in [0.2, 0.25) is 0 Å². The van der Waals surface area contributed by atoms with E-state index in [2.05, 4.69) is 47.7 Å². The molecule has 2 N–H and O–H groups in total. The maximum absolute atomic E-state index is 11.2. The Kier molecular flexibility index (Phi) is 5.86. The molecule has 0 bridgehead atoms. The van der Waals surface area contributed by atoms with Crippen LogP contribution in [0.5, 0.6) is 0 Å². The molecule has 0 spiro atoms. The fraction of sp³-hybridized carbons (Fsp3) is 1.00. The lowest BCUT2D eigenvalue weighted by atomic mass is 9.43. The zero-order valence-electron chi connectivity index (χ0n) is 23.1. The van der Waals surface area contributed by atoms with Gasteiger partial charge in [0, 0.05) is 5.92 Å². The second kappa shape index (κ2) is 7.77. The van der Waals surface area contributed by atoms with Crippen molar-refractivity contribution in [3.63, 3.8) is 0 Å². The van der Waals surface area contributed by atoms with Crippen molar-refractivity contribution in [1.82, 2.24) is 0 Å². The number of hydrogen-bond donors (Lipinski definition) is 2. The minimum Gasteiger partial charge on any atom is -0.413 e. The summed E-state index contributed by atoms with van der Waals surface area (Å²) in [5, 5.41) is 22.1. The van der Waals surface area contributed by atoms with Gasteiger partial charge in [-0.2, -0.15) is 0 Å². The fourth-order valence-electron chi connectivity index (χ4n) is 8.92. The van der Waals surface area contributed by atoms with Crippen molar-refractivity contribution in [1.29, 1.82) is 0 Å². The van der Waals surface area contributed by atoms with Gasteiger partial charge in [0.15, 0.2) is 14.1 Å². The van der Waals surface area contributed by atoms with Crippen molar-refractivity contribution in [2.24, 2.45) is 34.5 Å². The molecule has 6 heteroatoms. The lowest BCUT2D eigenvalue weighted by Gasteiger charge is -2.64. The molecule has 34 heavy (non-hydrogen) atoms. The molecule has 4 aliphatic carbocycles. The Hall–Kier alpha value is 0.0169. The molecule has 1 heterocycles. The summed E-state index contributed by atoms with van der Waals surface area (Å²) in [6, 6.07) is 0. The number of hydrogen-bond acceptors (Lipinski definition) is 5. The van der Waals surface area contributed by atoms with Gasteiger partial charge in [-0.05, 0) is 99.1 Å². The monoisotopic (exact) mass is 494 g/mol. The van der Waals surface area contributed by atoms with Gasteiger partial charge in [0.1, 0.15) is 0 Å². The molecule has 11 atom stereocenters. The van der Waals surface area contributed by atoms with Crippen molar-refractivity contribution in [3.8, 4) is 0 Å². The molecule has 0 aromatic heterocycles. The summed E-state index contributed by atoms with van der Waals surface area (Å²) in [5.41, 5.74) is 0.126. The van der Waals surface area contributed by atoms with Gasteiger partial charge in [-0.25, -0.2) is 0 Å². The third-order valence-corrected chi connectivity index (χ3v) is 16.2. The van der Waals surface area contributed by atoms with Gasteiger partial charge in [-0.3, -0.25) is 0 Å². The van der Waals surface area contributed by atoms with Crippen LogP contribution in [0.4, 0.5) is 0 Å². The predicted octanol–water partition coefficient (Wildman–Crippen LogP) is 5.49. The van der Waals surface area contributed by atoms with Crippen LogP contribution in [-0.4, -0.2) is 54.8 Å². The highest BCUT2D eigenvalue weighted by Crippen LogP contribution is 2.69. The Balaban J connectivity index is 1.51. The Morgan fingerprint density at radius 1 is 0.824 bits per heavy atom.